The molecular weight excluding hydrogens is 829 g/mol. The van der Waals surface area contributed by atoms with E-state index in [0.717, 1.165) is 12.8 Å². The lowest BCUT2D eigenvalue weighted by atomic mass is 9.72. The Balaban J connectivity index is 0.723. The van der Waals surface area contributed by atoms with Crippen molar-refractivity contribution in [2.45, 2.75) is 52.9 Å². The van der Waals surface area contributed by atoms with Crippen LogP contribution in [0.15, 0.2) is 212 Å². The summed E-state index contributed by atoms with van der Waals surface area (Å²) in [5.41, 5.74) is 27.8. The van der Waals surface area contributed by atoms with Gasteiger partial charge in [-0.2, -0.15) is 0 Å². The largest absolute Gasteiger partial charge is 0.0759 e. The predicted octanol–water partition coefficient (Wildman–Crippen LogP) is 19.1. The normalized spacial score (nSPS) is 14.3. The first-order valence-electron chi connectivity index (χ1n) is 24.7. The maximum absolute atomic E-state index is 2.48. The predicted molar refractivity (Wildman–Crippen MR) is 295 cm³/mol. The van der Waals surface area contributed by atoms with Crippen molar-refractivity contribution in [1.29, 1.82) is 0 Å². The van der Waals surface area contributed by atoms with E-state index >= 15 is 0 Å². The number of hydrogen-bond donors (Lipinski definition) is 0. The second-order valence-electron chi connectivity index (χ2n) is 21.3. The van der Waals surface area contributed by atoms with Crippen LogP contribution in [0.3, 0.4) is 0 Å². The van der Waals surface area contributed by atoms with E-state index in [1.165, 1.54) is 138 Å². The summed E-state index contributed by atoms with van der Waals surface area (Å²) < 4.78 is 0. The third kappa shape index (κ3) is 6.96. The quantitative estimate of drug-likeness (QED) is 0.156. The fourth-order valence-electron chi connectivity index (χ4n) is 11.7. The molecule has 3 aliphatic rings. The molecule has 0 unspecified atom stereocenters. The van der Waals surface area contributed by atoms with Gasteiger partial charge in [0.1, 0.15) is 0 Å². The van der Waals surface area contributed by atoms with Crippen LogP contribution in [-0.4, -0.2) is 0 Å². The first kappa shape index (κ1) is 41.4. The highest BCUT2D eigenvalue weighted by Gasteiger charge is 2.36. The average Bonchev–Trinajstić information content (AvgIpc) is 3.62. The summed E-state index contributed by atoms with van der Waals surface area (Å²) in [7, 11) is 0. The molecule has 13 rings (SSSR count). The van der Waals surface area contributed by atoms with E-state index in [2.05, 4.69) is 247 Å². The molecule has 69 heavy (non-hydrogen) atoms. The van der Waals surface area contributed by atoms with Gasteiger partial charge >= 0.3 is 0 Å². The van der Waals surface area contributed by atoms with Crippen molar-refractivity contribution < 1.29 is 0 Å². The van der Waals surface area contributed by atoms with Crippen LogP contribution in [-0.2, 0) is 11.8 Å². The average molecular weight is 883 g/mol. The Morgan fingerprint density at radius 2 is 0.855 bits per heavy atom. The summed E-state index contributed by atoms with van der Waals surface area (Å²) >= 11 is 0. The Kier molecular flexibility index (Phi) is 9.37. The summed E-state index contributed by atoms with van der Waals surface area (Å²) in [6, 6.07) is 75.2. The fourth-order valence-corrected chi connectivity index (χ4v) is 11.7. The molecule has 0 N–H and O–H groups in total. The molecule has 0 aliphatic heterocycles. The number of fused-ring (bicyclic) bond motifs is 4. The number of hydrogen-bond acceptors (Lipinski definition) is 0. The highest BCUT2D eigenvalue weighted by Crippen LogP contribution is 2.52. The van der Waals surface area contributed by atoms with E-state index < -0.39 is 0 Å². The van der Waals surface area contributed by atoms with Gasteiger partial charge in [-0.3, -0.25) is 0 Å². The Morgan fingerprint density at radius 3 is 1.39 bits per heavy atom. The van der Waals surface area contributed by atoms with Crippen molar-refractivity contribution in [3.05, 3.63) is 240 Å². The van der Waals surface area contributed by atoms with Crippen LogP contribution in [0.1, 0.15) is 68.9 Å². The summed E-state index contributed by atoms with van der Waals surface area (Å²) in [5, 5.41) is 5.36. The summed E-state index contributed by atoms with van der Waals surface area (Å²) in [5.74, 6) is 0. The number of benzene rings is 10. The molecule has 0 saturated carbocycles. The minimum absolute atomic E-state index is 0.129. The lowest BCUT2D eigenvalue weighted by molar-refractivity contribution is 0.498. The molecule has 0 radical (unpaired) electrons. The highest BCUT2D eigenvalue weighted by molar-refractivity contribution is 6.08. The van der Waals surface area contributed by atoms with Crippen LogP contribution in [0.5, 0.6) is 0 Å². The van der Waals surface area contributed by atoms with Gasteiger partial charge in [-0.1, -0.05) is 234 Å². The SMILES string of the molecule is CC(C)(C)C1=Cc2ccc3c(-c4ccc(-c5ccc6c(c5)C(C)(C)c5cc(-c7ccc(-c8ccc(-c9ccc(-c%10ccc%11ccccc%11c%10)cc9)cc8)cc7)ccc5-6)cc4)ccc4c3c2C(=CC4)C1. The molecule has 0 nitrogen and oxygen atoms in total. The Labute approximate surface area is 407 Å². The van der Waals surface area contributed by atoms with Crippen molar-refractivity contribution in [2.24, 2.45) is 5.41 Å². The van der Waals surface area contributed by atoms with Crippen LogP contribution in [0, 0.1) is 5.41 Å². The summed E-state index contributed by atoms with van der Waals surface area (Å²) in [4.78, 5) is 0. The van der Waals surface area contributed by atoms with Gasteiger partial charge in [0.2, 0.25) is 0 Å². The molecule has 0 spiro atoms. The van der Waals surface area contributed by atoms with Gasteiger partial charge in [0.15, 0.2) is 0 Å². The third-order valence-corrected chi connectivity index (χ3v) is 15.8. The second kappa shape index (κ2) is 15.6. The Bertz CT molecular complexity index is 3770. The molecule has 10 aromatic carbocycles. The lowest BCUT2D eigenvalue weighted by Crippen LogP contribution is -2.15. The van der Waals surface area contributed by atoms with Crippen LogP contribution >= 0.6 is 0 Å². The van der Waals surface area contributed by atoms with E-state index in [0.29, 0.717) is 0 Å². The standard InChI is InChI=1S/C69H54/c1-68(2,3)59-39-57-29-27-52-30-34-60(63-37-33-58(40-59)66(57)67(52)63)51-25-22-50(23-26-51)56-32-36-62-61-35-31-55(41-64(61)69(4,5)65(62)42-56)49-20-16-47(17-21-49)45-12-10-44(11-13-45)46-14-18-48(19-15-46)54-28-24-43-8-6-7-9-53(43)38-54/h6-26,28-38,40-42H,27,39H2,1-5H3. The van der Waals surface area contributed by atoms with Crippen molar-refractivity contribution >= 4 is 33.2 Å². The minimum atomic E-state index is -0.129. The maximum Gasteiger partial charge on any atom is 0.0159 e. The zero-order valence-electron chi connectivity index (χ0n) is 40.1. The molecule has 0 heteroatoms. The lowest BCUT2D eigenvalue weighted by Gasteiger charge is -2.32. The molecule has 0 bridgehead atoms. The zero-order chi connectivity index (χ0) is 46.6. The van der Waals surface area contributed by atoms with Crippen molar-refractivity contribution in [2.75, 3.05) is 0 Å². The molecule has 0 amide bonds. The third-order valence-electron chi connectivity index (χ3n) is 15.8. The van der Waals surface area contributed by atoms with E-state index in [1.807, 2.05) is 0 Å². The zero-order valence-corrected chi connectivity index (χ0v) is 40.1. The first-order chi connectivity index (χ1) is 33.5. The Hall–Kier alpha value is -7.80. The highest BCUT2D eigenvalue weighted by atomic mass is 14.4. The molecule has 10 aromatic rings. The molecule has 0 atom stereocenters. The second-order valence-corrected chi connectivity index (χ2v) is 21.3. The molecule has 0 aromatic heterocycles. The van der Waals surface area contributed by atoms with Gasteiger partial charge in [-0.25, -0.2) is 0 Å². The van der Waals surface area contributed by atoms with Gasteiger partial charge in [-0.15, -0.1) is 0 Å². The molecule has 3 aliphatic carbocycles. The van der Waals surface area contributed by atoms with Crippen molar-refractivity contribution in [3.63, 3.8) is 0 Å². The maximum atomic E-state index is 2.48. The topological polar surface area (TPSA) is 0 Å². The number of rotatable bonds is 6. The van der Waals surface area contributed by atoms with Crippen LogP contribution < -0.4 is 0 Å². The van der Waals surface area contributed by atoms with E-state index in [-0.39, 0.29) is 10.8 Å². The van der Waals surface area contributed by atoms with Gasteiger partial charge in [0.05, 0.1) is 0 Å². The molecule has 0 saturated heterocycles. The van der Waals surface area contributed by atoms with Crippen LogP contribution in [0.4, 0.5) is 0 Å². The van der Waals surface area contributed by atoms with Gasteiger partial charge in [-0.05, 0) is 169 Å². The molecule has 0 fully saturated rings. The van der Waals surface area contributed by atoms with E-state index in [1.54, 1.807) is 0 Å². The molecular formula is C69H54. The minimum Gasteiger partial charge on any atom is -0.0759 e. The fraction of sp³-hybridized carbons (Fsp3) is 0.130. The van der Waals surface area contributed by atoms with E-state index in [4.69, 9.17) is 0 Å². The molecule has 0 heterocycles. The smallest absolute Gasteiger partial charge is 0.0159 e. The van der Waals surface area contributed by atoms with Crippen molar-refractivity contribution in [3.8, 4) is 77.9 Å². The summed E-state index contributed by atoms with van der Waals surface area (Å²) in [6.45, 7) is 11.8. The van der Waals surface area contributed by atoms with Gasteiger partial charge in [0.25, 0.3) is 0 Å². The van der Waals surface area contributed by atoms with E-state index in [9.17, 15) is 0 Å². The van der Waals surface area contributed by atoms with Gasteiger partial charge < -0.3 is 0 Å². The first-order valence-corrected chi connectivity index (χ1v) is 24.7. The molecule has 330 valence electrons. The van der Waals surface area contributed by atoms with Crippen LogP contribution in [0.2, 0.25) is 0 Å². The number of allylic oxidation sites excluding steroid dienone is 3. The van der Waals surface area contributed by atoms with Crippen molar-refractivity contribution in [1.82, 2.24) is 0 Å². The monoisotopic (exact) mass is 882 g/mol. The summed E-state index contributed by atoms with van der Waals surface area (Å²) in [6.07, 6.45) is 7.00. The van der Waals surface area contributed by atoms with Crippen LogP contribution in [0.25, 0.3) is 111 Å². The Morgan fingerprint density at radius 1 is 0.406 bits per heavy atom. The van der Waals surface area contributed by atoms with Gasteiger partial charge in [0, 0.05) is 5.41 Å².